The van der Waals surface area contributed by atoms with Crippen LogP contribution < -0.4 is 11.1 Å². The van der Waals surface area contributed by atoms with Crippen molar-refractivity contribution in [2.24, 2.45) is 17.1 Å². The molecule has 0 aliphatic carbocycles. The first-order valence-electron chi connectivity index (χ1n) is 13.6. The molecule has 1 aliphatic heterocycles. The molecule has 4 atom stereocenters. The number of nitrogens with one attached hydrogen (secondary N) is 1. The summed E-state index contributed by atoms with van der Waals surface area (Å²) in [6.07, 6.45) is -1.29. The van der Waals surface area contributed by atoms with Gasteiger partial charge in [0.1, 0.15) is 29.7 Å². The van der Waals surface area contributed by atoms with Gasteiger partial charge in [-0.15, -0.1) is 0 Å². The number of halogens is 3. The standard InChI is InChI=1S/C30H36F3N5O3/c1-18(39)29(41)38(16-20-13-35-14-24(20)33)27(30(2,3)12-26(34)40)28-36-25(22-11-21(31)9-10-23(22)32)17-37(28)15-19-7-5-4-6-8-19/h4-11,17-18,20,24,27,35,39H,12-16H2,1-3H3,(H2,34,40). The van der Waals surface area contributed by atoms with Crippen molar-refractivity contribution in [3.05, 3.63) is 77.8 Å². The zero-order chi connectivity index (χ0) is 29.9. The molecule has 2 aromatic carbocycles. The molecule has 1 saturated heterocycles. The maximum atomic E-state index is 14.9. The lowest BCUT2D eigenvalue weighted by atomic mass is 9.78. The van der Waals surface area contributed by atoms with Gasteiger partial charge in [0.05, 0.1) is 11.7 Å². The van der Waals surface area contributed by atoms with Crippen molar-refractivity contribution in [3.63, 3.8) is 0 Å². The predicted molar refractivity (Wildman–Crippen MR) is 148 cm³/mol. The second-order valence-electron chi connectivity index (χ2n) is 11.4. The van der Waals surface area contributed by atoms with Crippen LogP contribution in [-0.2, 0) is 16.1 Å². The van der Waals surface area contributed by atoms with Gasteiger partial charge in [-0.1, -0.05) is 44.2 Å². The summed E-state index contributed by atoms with van der Waals surface area (Å²) in [6, 6.07) is 11.4. The number of aromatic nitrogens is 2. The number of imidazole rings is 1. The third-order valence-electron chi connectivity index (χ3n) is 7.46. The Balaban J connectivity index is 1.94. The van der Waals surface area contributed by atoms with Crippen molar-refractivity contribution in [1.82, 2.24) is 19.8 Å². The van der Waals surface area contributed by atoms with E-state index in [0.717, 1.165) is 23.8 Å². The molecular weight excluding hydrogens is 535 g/mol. The van der Waals surface area contributed by atoms with E-state index in [1.807, 2.05) is 30.3 Å². The van der Waals surface area contributed by atoms with Crippen LogP contribution in [0.5, 0.6) is 0 Å². The zero-order valence-electron chi connectivity index (χ0n) is 23.4. The second kappa shape index (κ2) is 12.4. The number of nitrogens with two attached hydrogens (primary N) is 1. The number of aliphatic hydroxyl groups is 1. The highest BCUT2D eigenvalue weighted by atomic mass is 19.1. The Labute approximate surface area is 237 Å². The molecule has 1 aromatic heterocycles. The van der Waals surface area contributed by atoms with E-state index in [1.54, 1.807) is 24.6 Å². The number of carbonyl (C=O) groups is 2. The van der Waals surface area contributed by atoms with Gasteiger partial charge < -0.3 is 25.6 Å². The minimum Gasteiger partial charge on any atom is -0.384 e. The quantitative estimate of drug-likeness (QED) is 0.326. The van der Waals surface area contributed by atoms with Crippen molar-refractivity contribution in [1.29, 1.82) is 0 Å². The molecule has 4 rings (SSSR count). The van der Waals surface area contributed by atoms with Crippen LogP contribution in [-0.4, -0.2) is 63.3 Å². The fraction of sp³-hybridized carbons (Fsp3) is 0.433. The summed E-state index contributed by atoms with van der Waals surface area (Å²) in [5, 5.41) is 13.4. The Morgan fingerprint density at radius 1 is 1.20 bits per heavy atom. The van der Waals surface area contributed by atoms with Crippen LogP contribution in [0.25, 0.3) is 11.3 Å². The van der Waals surface area contributed by atoms with Gasteiger partial charge in [0.15, 0.2) is 0 Å². The third kappa shape index (κ3) is 6.97. The molecule has 41 heavy (non-hydrogen) atoms. The van der Waals surface area contributed by atoms with Crippen LogP contribution in [0, 0.1) is 23.0 Å². The molecule has 3 aromatic rings. The molecule has 0 radical (unpaired) electrons. The van der Waals surface area contributed by atoms with E-state index in [-0.39, 0.29) is 43.1 Å². The van der Waals surface area contributed by atoms with Crippen molar-refractivity contribution in [3.8, 4) is 11.3 Å². The highest BCUT2D eigenvalue weighted by Gasteiger charge is 2.44. The minimum atomic E-state index is -1.44. The number of alkyl halides is 1. The summed E-state index contributed by atoms with van der Waals surface area (Å²) in [7, 11) is 0. The van der Waals surface area contributed by atoms with Gasteiger partial charge in [-0.2, -0.15) is 0 Å². The molecule has 2 amide bonds. The molecular formula is C30H36F3N5O3. The molecule has 4 N–H and O–H groups in total. The first kappa shape index (κ1) is 30.3. The number of hydrogen-bond donors (Lipinski definition) is 3. The van der Waals surface area contributed by atoms with Gasteiger partial charge >= 0.3 is 0 Å². The SMILES string of the molecule is CC(O)C(=O)N(CC1CNCC1F)C(c1nc(-c2cc(F)ccc2F)cn1Cc1ccccc1)C(C)(C)CC(N)=O. The van der Waals surface area contributed by atoms with E-state index < -0.39 is 53.1 Å². The molecule has 0 saturated carbocycles. The Bertz CT molecular complexity index is 1380. The second-order valence-corrected chi connectivity index (χ2v) is 11.4. The smallest absolute Gasteiger partial charge is 0.251 e. The highest BCUT2D eigenvalue weighted by molar-refractivity contribution is 5.81. The Hall–Kier alpha value is -3.70. The van der Waals surface area contributed by atoms with Gasteiger partial charge in [-0.05, 0) is 30.7 Å². The van der Waals surface area contributed by atoms with Gasteiger partial charge in [0.2, 0.25) is 5.91 Å². The summed E-state index contributed by atoms with van der Waals surface area (Å²) in [4.78, 5) is 31.9. The first-order valence-corrected chi connectivity index (χ1v) is 13.6. The third-order valence-corrected chi connectivity index (χ3v) is 7.46. The molecule has 220 valence electrons. The minimum absolute atomic E-state index is 0.0768. The maximum absolute atomic E-state index is 14.9. The van der Waals surface area contributed by atoms with Crippen molar-refractivity contribution < 1.29 is 27.9 Å². The summed E-state index contributed by atoms with van der Waals surface area (Å²) in [5.74, 6) is -2.98. The lowest BCUT2D eigenvalue weighted by molar-refractivity contribution is -0.147. The molecule has 1 fully saturated rings. The topological polar surface area (TPSA) is 113 Å². The van der Waals surface area contributed by atoms with Crippen LogP contribution >= 0.6 is 0 Å². The molecule has 2 heterocycles. The van der Waals surface area contributed by atoms with E-state index >= 15 is 0 Å². The summed E-state index contributed by atoms with van der Waals surface area (Å²) >= 11 is 0. The average Bonchev–Trinajstić information content (AvgIpc) is 3.50. The van der Waals surface area contributed by atoms with E-state index in [9.17, 15) is 27.9 Å². The summed E-state index contributed by atoms with van der Waals surface area (Å²) < 4.78 is 45.6. The molecule has 0 bridgehead atoms. The molecule has 11 heteroatoms. The van der Waals surface area contributed by atoms with Crippen LogP contribution in [0.15, 0.2) is 54.7 Å². The Morgan fingerprint density at radius 3 is 2.51 bits per heavy atom. The molecule has 1 aliphatic rings. The van der Waals surface area contributed by atoms with Gasteiger partial charge in [-0.3, -0.25) is 9.59 Å². The van der Waals surface area contributed by atoms with E-state index in [1.165, 1.54) is 11.8 Å². The highest BCUT2D eigenvalue weighted by Crippen LogP contribution is 2.43. The van der Waals surface area contributed by atoms with Crippen LogP contribution in [0.4, 0.5) is 13.2 Å². The fourth-order valence-electron chi connectivity index (χ4n) is 5.53. The number of rotatable bonds is 11. The van der Waals surface area contributed by atoms with Crippen LogP contribution in [0.2, 0.25) is 0 Å². The van der Waals surface area contributed by atoms with Crippen molar-refractivity contribution in [2.45, 2.75) is 52.1 Å². The number of carbonyl (C=O) groups excluding carboxylic acids is 2. The number of hydrogen-bond acceptors (Lipinski definition) is 5. The average molecular weight is 572 g/mol. The summed E-state index contributed by atoms with van der Waals surface area (Å²) in [5.41, 5.74) is 5.46. The lowest BCUT2D eigenvalue weighted by Gasteiger charge is -2.43. The van der Waals surface area contributed by atoms with Gasteiger partial charge in [0.25, 0.3) is 5.91 Å². The predicted octanol–water partition coefficient (Wildman–Crippen LogP) is 3.59. The normalized spacial score (nSPS) is 18.7. The largest absolute Gasteiger partial charge is 0.384 e. The first-order chi connectivity index (χ1) is 19.4. The fourth-order valence-corrected chi connectivity index (χ4v) is 5.53. The van der Waals surface area contributed by atoms with Gasteiger partial charge in [0, 0.05) is 55.7 Å². The molecule has 8 nitrogen and oxygen atoms in total. The van der Waals surface area contributed by atoms with E-state index in [4.69, 9.17) is 10.7 Å². The number of nitrogens with zero attached hydrogens (tertiary/aromatic N) is 3. The number of aliphatic hydroxyl groups excluding tert-OH is 1. The zero-order valence-corrected chi connectivity index (χ0v) is 23.4. The number of primary amides is 1. The monoisotopic (exact) mass is 571 g/mol. The van der Waals surface area contributed by atoms with Crippen molar-refractivity contribution in [2.75, 3.05) is 19.6 Å². The maximum Gasteiger partial charge on any atom is 0.251 e. The van der Waals surface area contributed by atoms with Crippen LogP contribution in [0.3, 0.4) is 0 Å². The van der Waals surface area contributed by atoms with Gasteiger partial charge in [-0.25, -0.2) is 18.2 Å². The Kier molecular flexibility index (Phi) is 9.18. The summed E-state index contributed by atoms with van der Waals surface area (Å²) in [6.45, 7) is 5.39. The number of amides is 2. The lowest BCUT2D eigenvalue weighted by Crippen LogP contribution is -2.50. The molecule has 0 spiro atoms. The molecule has 4 unspecified atom stereocenters. The Morgan fingerprint density at radius 2 is 1.90 bits per heavy atom. The van der Waals surface area contributed by atoms with Crippen molar-refractivity contribution >= 4 is 11.8 Å². The van der Waals surface area contributed by atoms with E-state index in [2.05, 4.69) is 5.32 Å². The van der Waals surface area contributed by atoms with E-state index in [0.29, 0.717) is 6.54 Å². The van der Waals surface area contributed by atoms with Crippen LogP contribution in [0.1, 0.15) is 44.6 Å². The number of benzene rings is 2.